The number of aliphatic hydroxyl groups excluding tert-OH is 1. The van der Waals surface area contributed by atoms with Gasteiger partial charge in [0.15, 0.2) is 5.82 Å². The molecule has 0 radical (unpaired) electrons. The molecule has 0 saturated heterocycles. The van der Waals surface area contributed by atoms with Gasteiger partial charge in [-0.25, -0.2) is 9.37 Å². The van der Waals surface area contributed by atoms with Crippen molar-refractivity contribution in [1.82, 2.24) is 25.1 Å². The van der Waals surface area contributed by atoms with E-state index in [2.05, 4.69) is 45.8 Å². The van der Waals surface area contributed by atoms with Crippen LogP contribution in [-0.2, 0) is 13.6 Å². The first kappa shape index (κ1) is 23.0. The van der Waals surface area contributed by atoms with Crippen LogP contribution in [0.15, 0.2) is 67.0 Å². The molecule has 0 spiro atoms. The molecular weight excluding hydrogens is 473 g/mol. The lowest BCUT2D eigenvalue weighted by atomic mass is 9.97. The molecular formula is C28H26FN5OS. The molecule has 3 aromatic carbocycles. The third-order valence-electron chi connectivity index (χ3n) is 6.85. The minimum Gasteiger partial charge on any atom is -0.392 e. The predicted octanol–water partition coefficient (Wildman–Crippen LogP) is 5.57. The molecule has 8 heteroatoms. The zero-order chi connectivity index (χ0) is 24.6. The van der Waals surface area contributed by atoms with Gasteiger partial charge in [-0.05, 0) is 66.3 Å². The van der Waals surface area contributed by atoms with Crippen LogP contribution in [0.1, 0.15) is 24.8 Å². The first-order valence-electron chi connectivity index (χ1n) is 12.1. The lowest BCUT2D eigenvalue weighted by Crippen LogP contribution is -2.34. The van der Waals surface area contributed by atoms with Crippen LogP contribution in [0.2, 0.25) is 0 Å². The van der Waals surface area contributed by atoms with Crippen molar-refractivity contribution in [3.63, 3.8) is 0 Å². The van der Waals surface area contributed by atoms with E-state index in [1.807, 2.05) is 19.2 Å². The molecule has 1 saturated carbocycles. The highest BCUT2D eigenvalue weighted by Crippen LogP contribution is 2.36. The molecule has 1 aliphatic rings. The number of aromatic nitrogens is 4. The van der Waals surface area contributed by atoms with Crippen LogP contribution in [0, 0.1) is 5.82 Å². The van der Waals surface area contributed by atoms with E-state index in [-0.39, 0.29) is 18.0 Å². The zero-order valence-electron chi connectivity index (χ0n) is 19.9. The molecule has 2 aromatic heterocycles. The van der Waals surface area contributed by atoms with Crippen LogP contribution in [0.4, 0.5) is 4.39 Å². The molecule has 182 valence electrons. The minimum absolute atomic E-state index is 0.173. The van der Waals surface area contributed by atoms with Gasteiger partial charge in [-0.3, -0.25) is 0 Å². The number of benzene rings is 3. The molecule has 6 nitrogen and oxygen atoms in total. The number of nitrogens with one attached hydrogen (secondary N) is 1. The minimum atomic E-state index is -0.313. The van der Waals surface area contributed by atoms with Gasteiger partial charge >= 0.3 is 0 Å². The van der Waals surface area contributed by atoms with Crippen molar-refractivity contribution in [3.05, 3.63) is 78.4 Å². The van der Waals surface area contributed by atoms with E-state index in [1.54, 1.807) is 28.3 Å². The molecule has 2 atom stereocenters. The van der Waals surface area contributed by atoms with Gasteiger partial charge in [-0.2, -0.15) is 0 Å². The van der Waals surface area contributed by atoms with Crippen molar-refractivity contribution in [2.75, 3.05) is 0 Å². The average Bonchev–Trinajstić information content (AvgIpc) is 3.62. The molecule has 2 heterocycles. The maximum atomic E-state index is 14.2. The Morgan fingerprint density at radius 3 is 2.75 bits per heavy atom. The summed E-state index contributed by atoms with van der Waals surface area (Å²) in [6.45, 7) is 0.718. The fourth-order valence-electron chi connectivity index (χ4n) is 4.93. The topological polar surface area (TPSA) is 75.9 Å². The summed E-state index contributed by atoms with van der Waals surface area (Å²) >= 11 is 1.66. The highest BCUT2D eigenvalue weighted by atomic mass is 32.1. The van der Waals surface area contributed by atoms with Crippen LogP contribution in [0.3, 0.4) is 0 Å². The predicted molar refractivity (Wildman–Crippen MR) is 141 cm³/mol. The summed E-state index contributed by atoms with van der Waals surface area (Å²) in [6.07, 6.45) is 4.34. The standard InChI is InChI=1S/C28H26FN5OS/c1-34-16-31-33-27(34)22-14-20(29)9-10-21(22)18-4-2-5-19(13-18)28-32-24-12-17(8-11-26(24)36-28)15-30-23-6-3-7-25(23)35/h2,4-5,8-14,16,23,25,30,35H,3,6-7,15H2,1H3/t23-,25+/m1/s1. The Labute approximate surface area is 212 Å². The SMILES string of the molecule is Cn1cnnc1-c1cc(F)ccc1-c1cccc(-c2nc3cc(CN[C@@H]4CCC[C@@H]4O)ccc3s2)c1. The highest BCUT2D eigenvalue weighted by Gasteiger charge is 2.24. The van der Waals surface area contributed by atoms with Crippen molar-refractivity contribution in [2.45, 2.75) is 38.0 Å². The smallest absolute Gasteiger partial charge is 0.164 e. The van der Waals surface area contributed by atoms with Gasteiger partial charge in [0, 0.05) is 30.8 Å². The summed E-state index contributed by atoms with van der Waals surface area (Å²) in [6, 6.07) is 19.5. The van der Waals surface area contributed by atoms with E-state index in [0.717, 1.165) is 63.3 Å². The number of hydrogen-bond donors (Lipinski definition) is 2. The summed E-state index contributed by atoms with van der Waals surface area (Å²) in [5, 5.41) is 22.7. The number of rotatable bonds is 6. The summed E-state index contributed by atoms with van der Waals surface area (Å²) in [7, 11) is 1.85. The molecule has 1 fully saturated rings. The van der Waals surface area contributed by atoms with Gasteiger partial charge in [0.05, 0.1) is 16.3 Å². The Kier molecular flexibility index (Phi) is 6.08. The molecule has 0 aliphatic heterocycles. The van der Waals surface area contributed by atoms with Crippen molar-refractivity contribution >= 4 is 21.6 Å². The third kappa shape index (κ3) is 4.43. The molecule has 36 heavy (non-hydrogen) atoms. The van der Waals surface area contributed by atoms with Crippen LogP contribution in [0.5, 0.6) is 0 Å². The van der Waals surface area contributed by atoms with Crippen molar-refractivity contribution in [3.8, 4) is 33.1 Å². The monoisotopic (exact) mass is 499 g/mol. The van der Waals surface area contributed by atoms with Gasteiger partial charge in [0.2, 0.25) is 0 Å². The summed E-state index contributed by atoms with van der Waals surface area (Å²) in [5.41, 5.74) is 5.68. The molecule has 0 amide bonds. The Morgan fingerprint density at radius 1 is 1.06 bits per heavy atom. The number of aryl methyl sites for hydroxylation is 1. The van der Waals surface area contributed by atoms with E-state index in [4.69, 9.17) is 4.98 Å². The average molecular weight is 500 g/mol. The Morgan fingerprint density at radius 2 is 1.94 bits per heavy atom. The van der Waals surface area contributed by atoms with Crippen LogP contribution >= 0.6 is 11.3 Å². The second kappa shape index (κ2) is 9.54. The van der Waals surface area contributed by atoms with Crippen molar-refractivity contribution < 1.29 is 9.50 Å². The second-order valence-corrected chi connectivity index (χ2v) is 10.4. The highest BCUT2D eigenvalue weighted by molar-refractivity contribution is 7.21. The van der Waals surface area contributed by atoms with Crippen molar-refractivity contribution in [1.29, 1.82) is 0 Å². The number of thiazole rings is 1. The zero-order valence-corrected chi connectivity index (χ0v) is 20.7. The Balaban J connectivity index is 1.31. The van der Waals surface area contributed by atoms with E-state index in [9.17, 15) is 9.50 Å². The van der Waals surface area contributed by atoms with E-state index in [0.29, 0.717) is 11.4 Å². The quantitative estimate of drug-likeness (QED) is 0.320. The normalized spacial score (nSPS) is 17.8. The maximum Gasteiger partial charge on any atom is 0.164 e. The first-order valence-corrected chi connectivity index (χ1v) is 12.9. The summed E-state index contributed by atoms with van der Waals surface area (Å²) in [4.78, 5) is 4.93. The number of nitrogens with zero attached hydrogens (tertiary/aromatic N) is 4. The van der Waals surface area contributed by atoms with Gasteiger partial charge in [0.1, 0.15) is 17.2 Å². The van der Waals surface area contributed by atoms with Gasteiger partial charge < -0.3 is 15.0 Å². The van der Waals surface area contributed by atoms with E-state index in [1.165, 1.54) is 12.1 Å². The van der Waals surface area contributed by atoms with Crippen LogP contribution in [-0.4, -0.2) is 37.0 Å². The largest absolute Gasteiger partial charge is 0.392 e. The van der Waals surface area contributed by atoms with Crippen LogP contribution in [0.25, 0.3) is 43.3 Å². The lowest BCUT2D eigenvalue weighted by Gasteiger charge is -2.16. The number of halogens is 1. The Bertz CT molecular complexity index is 1540. The molecule has 1 aliphatic carbocycles. The van der Waals surface area contributed by atoms with Crippen LogP contribution < -0.4 is 5.32 Å². The molecule has 2 N–H and O–H groups in total. The van der Waals surface area contributed by atoms with E-state index >= 15 is 0 Å². The second-order valence-electron chi connectivity index (χ2n) is 9.34. The van der Waals surface area contributed by atoms with E-state index < -0.39 is 0 Å². The number of fused-ring (bicyclic) bond motifs is 1. The lowest BCUT2D eigenvalue weighted by molar-refractivity contribution is 0.148. The van der Waals surface area contributed by atoms with Gasteiger partial charge in [-0.1, -0.05) is 30.3 Å². The number of aliphatic hydroxyl groups is 1. The summed E-state index contributed by atoms with van der Waals surface area (Å²) in [5.74, 6) is 0.299. The maximum absolute atomic E-state index is 14.2. The molecule has 0 bridgehead atoms. The first-order chi connectivity index (χ1) is 17.5. The third-order valence-corrected chi connectivity index (χ3v) is 7.94. The molecule has 6 rings (SSSR count). The fourth-order valence-corrected chi connectivity index (χ4v) is 5.88. The number of hydrogen-bond acceptors (Lipinski definition) is 6. The van der Waals surface area contributed by atoms with Gasteiger partial charge in [-0.15, -0.1) is 21.5 Å². The van der Waals surface area contributed by atoms with Gasteiger partial charge in [0.25, 0.3) is 0 Å². The Hall–Kier alpha value is -3.46. The molecule has 5 aromatic rings. The van der Waals surface area contributed by atoms with Crippen molar-refractivity contribution in [2.24, 2.45) is 7.05 Å². The molecule has 0 unspecified atom stereocenters. The summed E-state index contributed by atoms with van der Waals surface area (Å²) < 4.78 is 17.1. The fraction of sp³-hybridized carbons (Fsp3) is 0.250.